The number of nitrogens with one attached hydrogen (secondary N) is 1. The van der Waals surface area contributed by atoms with E-state index in [0.717, 1.165) is 30.0 Å². The monoisotopic (exact) mass is 287 g/mol. The standard InChI is InChI=1S/C17H25N3O/c1-6-15(18-4)17-12(2)19-20(13(17)3)11-14-9-7-8-10-16(14)21-5/h7-10,15,18H,6,11H2,1-5H3. The molecule has 0 aliphatic rings. The van der Waals surface area contributed by atoms with Crippen LogP contribution >= 0.6 is 0 Å². The first-order chi connectivity index (χ1) is 10.1. The molecule has 0 aliphatic heterocycles. The van der Waals surface area contributed by atoms with Crippen LogP contribution in [0, 0.1) is 13.8 Å². The molecular weight excluding hydrogens is 262 g/mol. The molecule has 1 N–H and O–H groups in total. The normalized spacial score (nSPS) is 12.4. The number of para-hydroxylation sites is 1. The number of hydrogen-bond donors (Lipinski definition) is 1. The van der Waals surface area contributed by atoms with Crippen molar-refractivity contribution >= 4 is 0 Å². The second-order valence-electron chi connectivity index (χ2n) is 5.30. The zero-order chi connectivity index (χ0) is 15.4. The highest BCUT2D eigenvalue weighted by atomic mass is 16.5. The van der Waals surface area contributed by atoms with Gasteiger partial charge in [0.1, 0.15) is 5.75 Å². The number of methoxy groups -OCH3 is 1. The van der Waals surface area contributed by atoms with E-state index in [9.17, 15) is 0 Å². The van der Waals surface area contributed by atoms with Crippen LogP contribution in [0.15, 0.2) is 24.3 Å². The van der Waals surface area contributed by atoms with Crippen LogP contribution in [-0.4, -0.2) is 23.9 Å². The number of hydrogen-bond acceptors (Lipinski definition) is 3. The number of aromatic nitrogens is 2. The maximum Gasteiger partial charge on any atom is 0.123 e. The van der Waals surface area contributed by atoms with Gasteiger partial charge < -0.3 is 10.1 Å². The molecule has 1 unspecified atom stereocenters. The minimum absolute atomic E-state index is 0.358. The fourth-order valence-electron chi connectivity index (χ4n) is 2.92. The Balaban J connectivity index is 2.36. The molecule has 4 nitrogen and oxygen atoms in total. The third kappa shape index (κ3) is 3.10. The summed E-state index contributed by atoms with van der Waals surface area (Å²) in [6.07, 6.45) is 1.05. The summed E-state index contributed by atoms with van der Waals surface area (Å²) in [6, 6.07) is 8.46. The molecule has 0 spiro atoms. The minimum Gasteiger partial charge on any atom is -0.496 e. The van der Waals surface area contributed by atoms with Crippen molar-refractivity contribution < 1.29 is 4.74 Å². The fraction of sp³-hybridized carbons (Fsp3) is 0.471. The van der Waals surface area contributed by atoms with Crippen molar-refractivity contribution in [2.75, 3.05) is 14.2 Å². The van der Waals surface area contributed by atoms with Crippen LogP contribution in [0.3, 0.4) is 0 Å². The molecule has 2 rings (SSSR count). The number of rotatable bonds is 6. The van der Waals surface area contributed by atoms with Gasteiger partial charge in [-0.05, 0) is 33.4 Å². The SMILES string of the molecule is CCC(NC)c1c(C)nn(Cc2ccccc2OC)c1C. The molecule has 2 aromatic rings. The molecule has 0 fully saturated rings. The minimum atomic E-state index is 0.358. The van der Waals surface area contributed by atoms with Crippen molar-refractivity contribution in [1.82, 2.24) is 15.1 Å². The molecule has 1 heterocycles. The van der Waals surface area contributed by atoms with Gasteiger partial charge in [0.2, 0.25) is 0 Å². The van der Waals surface area contributed by atoms with Crippen LogP contribution in [-0.2, 0) is 6.54 Å². The Kier molecular flexibility index (Phi) is 5.02. The molecule has 0 bridgehead atoms. The predicted octanol–water partition coefficient (Wildman–Crippen LogP) is 3.23. The van der Waals surface area contributed by atoms with Crippen molar-refractivity contribution in [3.8, 4) is 5.75 Å². The summed E-state index contributed by atoms with van der Waals surface area (Å²) in [5.74, 6) is 0.910. The molecule has 0 aliphatic carbocycles. The fourth-order valence-corrected chi connectivity index (χ4v) is 2.92. The van der Waals surface area contributed by atoms with Crippen molar-refractivity contribution in [3.63, 3.8) is 0 Å². The van der Waals surface area contributed by atoms with Gasteiger partial charge in [-0.25, -0.2) is 0 Å². The maximum absolute atomic E-state index is 5.43. The second-order valence-corrected chi connectivity index (χ2v) is 5.30. The van der Waals surface area contributed by atoms with E-state index in [1.54, 1.807) is 7.11 Å². The Bertz CT molecular complexity index is 600. The number of benzene rings is 1. The predicted molar refractivity (Wildman–Crippen MR) is 85.9 cm³/mol. The average molecular weight is 287 g/mol. The Morgan fingerprint density at radius 1 is 1.29 bits per heavy atom. The van der Waals surface area contributed by atoms with Gasteiger partial charge in [-0.3, -0.25) is 4.68 Å². The van der Waals surface area contributed by atoms with Crippen LogP contribution in [0.25, 0.3) is 0 Å². The number of nitrogens with zero attached hydrogens (tertiary/aromatic N) is 2. The number of aryl methyl sites for hydroxylation is 1. The summed E-state index contributed by atoms with van der Waals surface area (Å²) in [6.45, 7) is 7.15. The lowest BCUT2D eigenvalue weighted by Crippen LogP contribution is -2.17. The summed E-state index contributed by atoms with van der Waals surface area (Å²) in [7, 11) is 3.71. The lowest BCUT2D eigenvalue weighted by molar-refractivity contribution is 0.407. The molecule has 0 radical (unpaired) electrons. The lowest BCUT2D eigenvalue weighted by Gasteiger charge is -2.15. The van der Waals surface area contributed by atoms with Gasteiger partial charge in [0.25, 0.3) is 0 Å². The van der Waals surface area contributed by atoms with Crippen LogP contribution in [0.4, 0.5) is 0 Å². The smallest absolute Gasteiger partial charge is 0.123 e. The van der Waals surface area contributed by atoms with E-state index in [2.05, 4.69) is 36.8 Å². The summed E-state index contributed by atoms with van der Waals surface area (Å²) in [5.41, 5.74) is 4.78. The first kappa shape index (κ1) is 15.6. The molecule has 1 aromatic carbocycles. The van der Waals surface area contributed by atoms with Gasteiger partial charge in [0.15, 0.2) is 0 Å². The highest BCUT2D eigenvalue weighted by molar-refractivity contribution is 5.35. The molecule has 1 atom stereocenters. The van der Waals surface area contributed by atoms with Crippen molar-refractivity contribution in [2.45, 2.75) is 39.8 Å². The van der Waals surface area contributed by atoms with E-state index >= 15 is 0 Å². The molecule has 114 valence electrons. The van der Waals surface area contributed by atoms with Gasteiger partial charge in [0.05, 0.1) is 19.3 Å². The van der Waals surface area contributed by atoms with Crippen LogP contribution in [0.5, 0.6) is 5.75 Å². The van der Waals surface area contributed by atoms with E-state index in [4.69, 9.17) is 9.84 Å². The van der Waals surface area contributed by atoms with E-state index in [0.29, 0.717) is 6.04 Å². The van der Waals surface area contributed by atoms with Gasteiger partial charge >= 0.3 is 0 Å². The molecule has 0 amide bonds. The molecule has 21 heavy (non-hydrogen) atoms. The molecule has 0 saturated heterocycles. The summed E-state index contributed by atoms with van der Waals surface area (Å²) < 4.78 is 7.50. The van der Waals surface area contributed by atoms with Crippen LogP contribution in [0.2, 0.25) is 0 Å². The summed E-state index contributed by atoms with van der Waals surface area (Å²) in [5, 5.41) is 8.09. The molecule has 0 saturated carbocycles. The Morgan fingerprint density at radius 2 is 2.00 bits per heavy atom. The Morgan fingerprint density at radius 3 is 2.62 bits per heavy atom. The summed E-state index contributed by atoms with van der Waals surface area (Å²) >= 11 is 0. The topological polar surface area (TPSA) is 39.1 Å². The lowest BCUT2D eigenvalue weighted by atomic mass is 10.0. The number of ether oxygens (including phenoxy) is 1. The summed E-state index contributed by atoms with van der Waals surface area (Å²) in [4.78, 5) is 0. The first-order valence-electron chi connectivity index (χ1n) is 7.45. The Labute approximate surface area is 127 Å². The third-order valence-corrected chi connectivity index (χ3v) is 4.06. The second kappa shape index (κ2) is 6.76. The Hall–Kier alpha value is -1.81. The van der Waals surface area contributed by atoms with Crippen molar-refractivity contribution in [1.29, 1.82) is 0 Å². The van der Waals surface area contributed by atoms with Crippen molar-refractivity contribution in [3.05, 3.63) is 46.8 Å². The zero-order valence-electron chi connectivity index (χ0n) is 13.6. The third-order valence-electron chi connectivity index (χ3n) is 4.06. The van der Waals surface area contributed by atoms with Crippen LogP contribution in [0.1, 0.15) is 41.9 Å². The zero-order valence-corrected chi connectivity index (χ0v) is 13.6. The van der Waals surface area contributed by atoms with Gasteiger partial charge in [-0.1, -0.05) is 25.1 Å². The molecule has 1 aromatic heterocycles. The average Bonchev–Trinajstić information content (AvgIpc) is 2.77. The highest BCUT2D eigenvalue weighted by Gasteiger charge is 2.18. The van der Waals surface area contributed by atoms with E-state index < -0.39 is 0 Å². The molecular formula is C17H25N3O. The maximum atomic E-state index is 5.43. The van der Waals surface area contributed by atoms with E-state index in [1.165, 1.54) is 11.3 Å². The van der Waals surface area contributed by atoms with E-state index in [-0.39, 0.29) is 0 Å². The quantitative estimate of drug-likeness (QED) is 0.886. The molecule has 4 heteroatoms. The highest BCUT2D eigenvalue weighted by Crippen LogP contribution is 2.26. The largest absolute Gasteiger partial charge is 0.496 e. The van der Waals surface area contributed by atoms with Crippen LogP contribution < -0.4 is 10.1 Å². The van der Waals surface area contributed by atoms with Gasteiger partial charge in [-0.2, -0.15) is 5.10 Å². The first-order valence-corrected chi connectivity index (χ1v) is 7.45. The van der Waals surface area contributed by atoms with Gasteiger partial charge in [0, 0.05) is 22.9 Å². The van der Waals surface area contributed by atoms with Gasteiger partial charge in [-0.15, -0.1) is 0 Å². The van der Waals surface area contributed by atoms with E-state index in [1.807, 2.05) is 25.2 Å². The van der Waals surface area contributed by atoms with Crippen molar-refractivity contribution in [2.24, 2.45) is 0 Å².